The van der Waals surface area contributed by atoms with E-state index in [-0.39, 0.29) is 0 Å². The third-order valence-electron chi connectivity index (χ3n) is 3.60. The number of hydrogen-bond donors (Lipinski definition) is 1. The van der Waals surface area contributed by atoms with E-state index < -0.39 is 0 Å². The fraction of sp³-hybridized carbons (Fsp3) is 0.471. The van der Waals surface area contributed by atoms with Gasteiger partial charge in [0.1, 0.15) is 22.4 Å². The largest absolute Gasteiger partial charge is 0.493 e. The molecule has 0 unspecified atom stereocenters. The molecule has 2 aromatic heterocycles. The lowest BCUT2D eigenvalue weighted by Gasteiger charge is -2.14. The van der Waals surface area contributed by atoms with Gasteiger partial charge in [-0.3, -0.25) is 4.98 Å². The molecule has 0 bridgehead atoms. The first kappa shape index (κ1) is 18.7. The third-order valence-corrected chi connectivity index (χ3v) is 4.32. The molecule has 2 rings (SSSR count). The van der Waals surface area contributed by atoms with E-state index in [4.69, 9.17) is 27.9 Å². The Balaban J connectivity index is 2.05. The van der Waals surface area contributed by atoms with Crippen LogP contribution in [0, 0.1) is 20.8 Å². The molecule has 0 aromatic carbocycles. The quantitative estimate of drug-likeness (QED) is 0.550. The maximum absolute atomic E-state index is 6.26. The van der Waals surface area contributed by atoms with Gasteiger partial charge in [-0.05, 0) is 39.7 Å². The van der Waals surface area contributed by atoms with Crippen LogP contribution in [0.3, 0.4) is 0 Å². The highest BCUT2D eigenvalue weighted by atomic mass is 35.5. The summed E-state index contributed by atoms with van der Waals surface area (Å²) < 4.78 is 5.82. The second-order valence-corrected chi connectivity index (χ2v) is 6.25. The molecule has 2 heterocycles. The summed E-state index contributed by atoms with van der Waals surface area (Å²) in [6.07, 6.45) is 3.64. The topological polar surface area (TPSA) is 59.9 Å². The molecule has 7 heteroatoms. The zero-order valence-electron chi connectivity index (χ0n) is 14.2. The molecule has 0 atom stereocenters. The van der Waals surface area contributed by atoms with Crippen molar-refractivity contribution in [3.63, 3.8) is 0 Å². The maximum Gasteiger partial charge on any atom is 0.149 e. The molecule has 5 nitrogen and oxygen atoms in total. The monoisotopic (exact) mass is 368 g/mol. The Hall–Kier alpha value is -1.59. The van der Waals surface area contributed by atoms with Crippen LogP contribution >= 0.6 is 23.2 Å². The highest BCUT2D eigenvalue weighted by molar-refractivity contribution is 6.33. The molecule has 2 aromatic rings. The summed E-state index contributed by atoms with van der Waals surface area (Å²) in [7, 11) is 0. The van der Waals surface area contributed by atoms with Gasteiger partial charge in [0, 0.05) is 17.6 Å². The minimum absolute atomic E-state index is 0.514. The second-order valence-electron chi connectivity index (χ2n) is 5.50. The molecule has 0 aliphatic carbocycles. The molecule has 24 heavy (non-hydrogen) atoms. The Labute approximate surface area is 152 Å². The summed E-state index contributed by atoms with van der Waals surface area (Å²) in [5.41, 5.74) is 2.66. The summed E-state index contributed by atoms with van der Waals surface area (Å²) in [6.45, 7) is 6.87. The highest BCUT2D eigenvalue weighted by Gasteiger charge is 2.10. The summed E-state index contributed by atoms with van der Waals surface area (Å²) in [5, 5.41) is 3.77. The fourth-order valence-corrected chi connectivity index (χ4v) is 2.60. The number of rotatable bonds is 8. The molecule has 0 aliphatic rings. The van der Waals surface area contributed by atoms with Gasteiger partial charge >= 0.3 is 0 Å². The van der Waals surface area contributed by atoms with E-state index in [0.29, 0.717) is 35.7 Å². The predicted octanol–water partition coefficient (Wildman–Crippen LogP) is 4.46. The van der Waals surface area contributed by atoms with Gasteiger partial charge < -0.3 is 10.1 Å². The molecular weight excluding hydrogens is 347 g/mol. The lowest BCUT2D eigenvalue weighted by molar-refractivity contribution is 0.307. The van der Waals surface area contributed by atoms with E-state index in [1.165, 1.54) is 0 Å². The lowest BCUT2D eigenvalue weighted by atomic mass is 10.2. The number of nitrogens with one attached hydrogen (secondary N) is 1. The van der Waals surface area contributed by atoms with Gasteiger partial charge in [0.15, 0.2) is 0 Å². The smallest absolute Gasteiger partial charge is 0.149 e. The van der Waals surface area contributed by atoms with Gasteiger partial charge in [-0.1, -0.05) is 11.6 Å². The third kappa shape index (κ3) is 4.95. The van der Waals surface area contributed by atoms with Crippen molar-refractivity contribution < 1.29 is 4.74 Å². The number of hydrogen-bond acceptors (Lipinski definition) is 5. The molecule has 0 spiro atoms. The summed E-state index contributed by atoms with van der Waals surface area (Å²) >= 11 is 11.9. The van der Waals surface area contributed by atoms with Crippen LogP contribution in [0.2, 0.25) is 5.02 Å². The van der Waals surface area contributed by atoms with E-state index in [1.54, 1.807) is 6.20 Å². The van der Waals surface area contributed by atoms with Gasteiger partial charge in [-0.2, -0.15) is 0 Å². The number of anilines is 1. The normalized spacial score (nSPS) is 10.7. The van der Waals surface area contributed by atoms with Gasteiger partial charge in [0.2, 0.25) is 0 Å². The summed E-state index contributed by atoms with van der Waals surface area (Å²) in [6, 6.07) is 1.88. The van der Waals surface area contributed by atoms with Crippen molar-refractivity contribution in [3.8, 4) is 5.75 Å². The maximum atomic E-state index is 6.26. The average Bonchev–Trinajstić information content (AvgIpc) is 2.55. The van der Waals surface area contributed by atoms with Crippen molar-refractivity contribution in [2.75, 3.05) is 17.8 Å². The number of nitrogens with zero attached hydrogens (tertiary/aromatic N) is 3. The molecule has 130 valence electrons. The van der Waals surface area contributed by atoms with Gasteiger partial charge in [0.25, 0.3) is 0 Å². The minimum Gasteiger partial charge on any atom is -0.493 e. The molecule has 0 fully saturated rings. The van der Waals surface area contributed by atoms with Crippen molar-refractivity contribution in [1.29, 1.82) is 0 Å². The first-order valence-electron chi connectivity index (χ1n) is 7.90. The van der Waals surface area contributed by atoms with Crippen LogP contribution in [-0.2, 0) is 6.54 Å². The molecule has 0 saturated carbocycles. The first-order valence-corrected chi connectivity index (χ1v) is 8.82. The average molecular weight is 369 g/mol. The van der Waals surface area contributed by atoms with E-state index in [2.05, 4.69) is 20.3 Å². The number of halogens is 2. The van der Waals surface area contributed by atoms with Crippen LogP contribution in [0.15, 0.2) is 12.3 Å². The van der Waals surface area contributed by atoms with Crippen LogP contribution in [0.25, 0.3) is 0 Å². The fourth-order valence-electron chi connectivity index (χ4n) is 2.26. The van der Waals surface area contributed by atoms with Crippen LogP contribution in [0.4, 0.5) is 5.82 Å². The van der Waals surface area contributed by atoms with Crippen LogP contribution in [-0.4, -0.2) is 27.4 Å². The Morgan fingerprint density at radius 2 is 1.96 bits per heavy atom. The first-order chi connectivity index (χ1) is 11.5. The molecule has 0 amide bonds. The van der Waals surface area contributed by atoms with E-state index in [9.17, 15) is 0 Å². The second kappa shape index (κ2) is 9.04. The number of pyridine rings is 1. The molecule has 0 radical (unpaired) electrons. The van der Waals surface area contributed by atoms with E-state index in [0.717, 1.165) is 35.5 Å². The number of alkyl halides is 1. The molecule has 0 aliphatic heterocycles. The van der Waals surface area contributed by atoms with Crippen molar-refractivity contribution in [1.82, 2.24) is 15.0 Å². The van der Waals surface area contributed by atoms with Crippen LogP contribution in [0.5, 0.6) is 5.75 Å². The molecule has 0 saturated heterocycles. The summed E-state index contributed by atoms with van der Waals surface area (Å²) in [4.78, 5) is 13.0. The summed E-state index contributed by atoms with van der Waals surface area (Å²) in [5.74, 6) is 2.81. The standard InChI is InChI=1S/C17H22Cl2N4O/c1-11-14(20-8-6-15(11)24-9-5-4-7-18)10-21-17-16(19)12(2)22-13(3)23-17/h6,8H,4-5,7,9-10H2,1-3H3,(H,21,22,23). The molecule has 1 N–H and O–H groups in total. The Bertz CT molecular complexity index is 695. The van der Waals surface area contributed by atoms with Crippen LogP contribution in [0.1, 0.15) is 35.6 Å². The minimum atomic E-state index is 0.514. The lowest BCUT2D eigenvalue weighted by Crippen LogP contribution is -2.09. The zero-order chi connectivity index (χ0) is 17.5. The Morgan fingerprint density at radius 1 is 1.17 bits per heavy atom. The van der Waals surface area contributed by atoms with Crippen molar-refractivity contribution in [3.05, 3.63) is 40.1 Å². The molecular formula is C17H22Cl2N4O. The Morgan fingerprint density at radius 3 is 2.71 bits per heavy atom. The highest BCUT2D eigenvalue weighted by Crippen LogP contribution is 2.24. The number of aryl methyl sites for hydroxylation is 2. The number of aromatic nitrogens is 3. The van der Waals surface area contributed by atoms with Gasteiger partial charge in [0.05, 0.1) is 24.5 Å². The van der Waals surface area contributed by atoms with E-state index in [1.807, 2.05) is 26.8 Å². The van der Waals surface area contributed by atoms with Gasteiger partial charge in [-0.25, -0.2) is 9.97 Å². The van der Waals surface area contributed by atoms with E-state index >= 15 is 0 Å². The van der Waals surface area contributed by atoms with Crippen LogP contribution < -0.4 is 10.1 Å². The zero-order valence-corrected chi connectivity index (χ0v) is 15.7. The van der Waals surface area contributed by atoms with Crippen molar-refractivity contribution >= 4 is 29.0 Å². The van der Waals surface area contributed by atoms with Crippen molar-refractivity contribution in [2.24, 2.45) is 0 Å². The predicted molar refractivity (Wildman–Crippen MR) is 98.3 cm³/mol. The van der Waals surface area contributed by atoms with Gasteiger partial charge in [-0.15, -0.1) is 11.6 Å². The SMILES string of the molecule is Cc1nc(C)c(Cl)c(NCc2nccc(OCCCCCl)c2C)n1. The number of ether oxygens (including phenoxy) is 1. The number of unbranched alkanes of at least 4 members (excludes halogenated alkanes) is 1. The van der Waals surface area contributed by atoms with Crippen molar-refractivity contribution in [2.45, 2.75) is 40.2 Å². The Kier molecular flexibility index (Phi) is 7.06.